The number of rotatable bonds is 8. The summed E-state index contributed by atoms with van der Waals surface area (Å²) in [5.74, 6) is 0.960. The molecular formula is C24H27Cl2N5O4. The van der Waals surface area contributed by atoms with Crippen molar-refractivity contribution in [2.45, 2.75) is 26.3 Å². The summed E-state index contributed by atoms with van der Waals surface area (Å²) in [6.07, 6.45) is 3.38. The molecule has 0 saturated carbocycles. The number of piperidine rings is 1. The number of nitrogens with zero attached hydrogens (tertiary/aromatic N) is 3. The highest BCUT2D eigenvalue weighted by Gasteiger charge is 2.20. The zero-order valence-electron chi connectivity index (χ0n) is 19.5. The van der Waals surface area contributed by atoms with Gasteiger partial charge in [0.2, 0.25) is 5.28 Å². The van der Waals surface area contributed by atoms with E-state index in [-0.39, 0.29) is 23.2 Å². The number of nitrogens with one attached hydrogen (secondary N) is 2. The van der Waals surface area contributed by atoms with E-state index in [0.29, 0.717) is 34.9 Å². The first-order valence-corrected chi connectivity index (χ1v) is 12.1. The van der Waals surface area contributed by atoms with Crippen LogP contribution in [0.2, 0.25) is 10.3 Å². The van der Waals surface area contributed by atoms with Gasteiger partial charge in [0.1, 0.15) is 5.02 Å². The molecule has 0 spiro atoms. The lowest BCUT2D eigenvalue weighted by Gasteiger charge is -2.28. The van der Waals surface area contributed by atoms with E-state index in [1.54, 1.807) is 10.6 Å². The minimum atomic E-state index is -0.566. The number of methoxy groups -OCH3 is 1. The molecule has 1 aromatic carbocycles. The average Bonchev–Trinajstić information content (AvgIpc) is 2.84. The maximum Gasteiger partial charge on any atom is 0.343 e. The number of ether oxygens (including phenoxy) is 2. The molecule has 1 aliphatic rings. The second kappa shape index (κ2) is 11.2. The number of hydrogen-bond donors (Lipinski definition) is 2. The molecule has 0 amide bonds. The Kier molecular flexibility index (Phi) is 8.10. The molecule has 0 unspecified atom stereocenters. The largest absolute Gasteiger partial charge is 0.476 e. The van der Waals surface area contributed by atoms with Crippen LogP contribution in [0.4, 0.5) is 11.5 Å². The molecule has 3 heterocycles. The zero-order chi connectivity index (χ0) is 24.9. The molecule has 9 nitrogen and oxygen atoms in total. The normalized spacial score (nSPS) is 17.8. The van der Waals surface area contributed by atoms with Crippen molar-refractivity contribution in [2.24, 2.45) is 11.8 Å². The Balaban J connectivity index is 1.67. The third-order valence-electron chi connectivity index (χ3n) is 6.03. The van der Waals surface area contributed by atoms with Crippen molar-refractivity contribution >= 4 is 51.6 Å². The SMILES string of the molecule is COC(=O)COc1cc2cc(Nc3nc(Cl)ncc3Cl)ccc2n(CC[C@H]2CNC[C@@H](C)C2)c1=O. The summed E-state index contributed by atoms with van der Waals surface area (Å²) in [5.41, 5.74) is 1.16. The summed E-state index contributed by atoms with van der Waals surface area (Å²) in [7, 11) is 1.27. The van der Waals surface area contributed by atoms with E-state index in [9.17, 15) is 9.59 Å². The fourth-order valence-electron chi connectivity index (χ4n) is 4.33. The van der Waals surface area contributed by atoms with E-state index < -0.39 is 5.97 Å². The summed E-state index contributed by atoms with van der Waals surface area (Å²) in [4.78, 5) is 32.9. The summed E-state index contributed by atoms with van der Waals surface area (Å²) in [6, 6.07) is 7.18. The molecule has 2 atom stereocenters. The maximum absolute atomic E-state index is 13.3. The van der Waals surface area contributed by atoms with Gasteiger partial charge >= 0.3 is 5.97 Å². The van der Waals surface area contributed by atoms with Crippen LogP contribution in [0.3, 0.4) is 0 Å². The van der Waals surface area contributed by atoms with Crippen LogP contribution in [0, 0.1) is 11.8 Å². The van der Waals surface area contributed by atoms with Gasteiger partial charge in [-0.3, -0.25) is 4.79 Å². The highest BCUT2D eigenvalue weighted by Crippen LogP contribution is 2.28. The molecule has 1 saturated heterocycles. The van der Waals surface area contributed by atoms with Gasteiger partial charge in [-0.15, -0.1) is 0 Å². The number of fused-ring (bicyclic) bond motifs is 1. The lowest BCUT2D eigenvalue weighted by Crippen LogP contribution is -2.36. The van der Waals surface area contributed by atoms with Gasteiger partial charge in [0.05, 0.1) is 18.8 Å². The van der Waals surface area contributed by atoms with Crippen molar-refractivity contribution in [1.29, 1.82) is 0 Å². The number of anilines is 2. The van der Waals surface area contributed by atoms with Gasteiger partial charge in [-0.05, 0) is 73.6 Å². The second-order valence-electron chi connectivity index (χ2n) is 8.72. The van der Waals surface area contributed by atoms with Gasteiger partial charge in [-0.1, -0.05) is 18.5 Å². The monoisotopic (exact) mass is 519 g/mol. The minimum absolute atomic E-state index is 0.0662. The molecule has 0 aliphatic carbocycles. The van der Waals surface area contributed by atoms with Gasteiger partial charge in [0.15, 0.2) is 18.2 Å². The highest BCUT2D eigenvalue weighted by atomic mass is 35.5. The summed E-state index contributed by atoms with van der Waals surface area (Å²) in [5, 5.41) is 7.72. The van der Waals surface area contributed by atoms with Crippen molar-refractivity contribution in [3.8, 4) is 5.75 Å². The maximum atomic E-state index is 13.3. The van der Waals surface area contributed by atoms with E-state index >= 15 is 0 Å². The Morgan fingerprint density at radius 1 is 1.29 bits per heavy atom. The first kappa shape index (κ1) is 25.2. The molecule has 1 aliphatic heterocycles. The second-order valence-corrected chi connectivity index (χ2v) is 9.46. The minimum Gasteiger partial charge on any atom is -0.476 e. The topological polar surface area (TPSA) is 107 Å². The molecule has 4 rings (SSSR count). The van der Waals surface area contributed by atoms with Crippen LogP contribution in [-0.2, 0) is 16.1 Å². The number of aryl methyl sites for hydroxylation is 1. The van der Waals surface area contributed by atoms with Crippen molar-refractivity contribution in [1.82, 2.24) is 19.9 Å². The summed E-state index contributed by atoms with van der Waals surface area (Å²) >= 11 is 12.1. The smallest absolute Gasteiger partial charge is 0.343 e. The molecule has 0 bridgehead atoms. The number of halogens is 2. The van der Waals surface area contributed by atoms with Gasteiger partial charge in [0.25, 0.3) is 5.56 Å². The quantitative estimate of drug-likeness (QED) is 0.339. The number of pyridine rings is 1. The predicted octanol–water partition coefficient (Wildman–Crippen LogP) is 4.03. The summed E-state index contributed by atoms with van der Waals surface area (Å²) in [6.45, 7) is 4.37. The fraction of sp³-hybridized carbons (Fsp3) is 0.417. The Morgan fingerprint density at radius 2 is 2.11 bits per heavy atom. The van der Waals surface area contributed by atoms with Crippen molar-refractivity contribution in [3.63, 3.8) is 0 Å². The molecule has 11 heteroatoms. The van der Waals surface area contributed by atoms with E-state index in [1.807, 2.05) is 18.2 Å². The van der Waals surface area contributed by atoms with Crippen molar-refractivity contribution < 1.29 is 14.3 Å². The molecule has 2 N–H and O–H groups in total. The van der Waals surface area contributed by atoms with Gasteiger partial charge in [-0.25, -0.2) is 9.78 Å². The van der Waals surface area contributed by atoms with Gasteiger partial charge in [-0.2, -0.15) is 4.98 Å². The van der Waals surface area contributed by atoms with Crippen molar-refractivity contribution in [2.75, 3.05) is 32.1 Å². The van der Waals surface area contributed by atoms with Crippen LogP contribution in [0.5, 0.6) is 5.75 Å². The number of carbonyl (C=O) groups excluding carboxylic acids is 1. The molecule has 0 radical (unpaired) electrons. The molecule has 186 valence electrons. The molecule has 3 aromatic rings. The van der Waals surface area contributed by atoms with Gasteiger partial charge in [0, 0.05) is 17.6 Å². The van der Waals surface area contributed by atoms with Gasteiger partial charge < -0.3 is 24.7 Å². The summed E-state index contributed by atoms with van der Waals surface area (Å²) < 4.78 is 11.9. The van der Waals surface area contributed by atoms with Crippen LogP contribution >= 0.6 is 23.2 Å². The Hall–Kier alpha value is -2.88. The molecule has 1 fully saturated rings. The fourth-order valence-corrected chi connectivity index (χ4v) is 4.60. The Morgan fingerprint density at radius 3 is 2.89 bits per heavy atom. The molecule has 2 aromatic heterocycles. The third kappa shape index (κ3) is 6.22. The third-order valence-corrected chi connectivity index (χ3v) is 6.49. The van der Waals surface area contributed by atoms with Crippen LogP contribution in [0.1, 0.15) is 19.8 Å². The lowest BCUT2D eigenvalue weighted by atomic mass is 9.89. The lowest BCUT2D eigenvalue weighted by molar-refractivity contribution is -0.142. The van der Waals surface area contributed by atoms with E-state index in [0.717, 1.165) is 36.8 Å². The number of hydrogen-bond acceptors (Lipinski definition) is 8. The highest BCUT2D eigenvalue weighted by molar-refractivity contribution is 6.33. The number of carbonyl (C=O) groups is 1. The van der Waals surface area contributed by atoms with E-state index in [4.69, 9.17) is 27.9 Å². The standard InChI is InChI=1S/C24H27Cl2N5O4/c1-14-7-15(11-27-10-14)5-6-31-19-4-3-17(29-22-18(25)12-28-24(26)30-22)8-16(19)9-20(23(31)33)35-13-21(32)34-2/h3-4,8-9,12,14-15,27H,5-7,10-11,13H2,1-2H3,(H,28,29,30)/t14-,15+/m0/s1. The number of aromatic nitrogens is 3. The van der Waals surface area contributed by atoms with Crippen LogP contribution in [-0.4, -0.2) is 47.3 Å². The van der Waals surface area contributed by atoms with E-state index in [2.05, 4.69) is 32.3 Å². The van der Waals surface area contributed by atoms with E-state index in [1.165, 1.54) is 13.3 Å². The average molecular weight is 520 g/mol. The van der Waals surface area contributed by atoms with Crippen molar-refractivity contribution in [3.05, 3.63) is 51.1 Å². The Bertz CT molecular complexity index is 1280. The molecule has 35 heavy (non-hydrogen) atoms. The zero-order valence-corrected chi connectivity index (χ0v) is 21.0. The van der Waals surface area contributed by atoms with Crippen LogP contribution in [0.25, 0.3) is 10.9 Å². The van der Waals surface area contributed by atoms with Crippen LogP contribution < -0.4 is 20.9 Å². The first-order chi connectivity index (χ1) is 16.8. The molecular weight excluding hydrogens is 493 g/mol. The Labute approximate surface area is 212 Å². The van der Waals surface area contributed by atoms with Crippen LogP contribution in [0.15, 0.2) is 35.3 Å². The number of esters is 1. The first-order valence-electron chi connectivity index (χ1n) is 11.4. The number of benzene rings is 1. The predicted molar refractivity (Wildman–Crippen MR) is 136 cm³/mol.